The van der Waals surface area contributed by atoms with Crippen molar-refractivity contribution in [1.82, 2.24) is 18.9 Å². The second-order valence-electron chi connectivity index (χ2n) is 18.7. The standard InChI is InChI=1S/C52H54N6O8/c1-51(2,3)65-49(63)57-31-39(37-13-7-9-15-41(37)57)47(61)55-29-11-17-43(55)45(59)53-35-25-21-33(22-26-35)19-20-34-23-27-36(28-24-34)54-46(60)44-18-12-30-56(44)48(62)40-32-58(50(64)66-52(4,5)6)42-16-10-8-14-38(40)42/h7-10,13-16,19-28,31-32,43-44H,11-12,17-18,29-30H2,1-6H3,(H,53,59)(H,54,60)/b20-19+/t43-,44-/m0/s1. The van der Waals surface area contributed by atoms with Gasteiger partial charge >= 0.3 is 12.2 Å². The second kappa shape index (κ2) is 18.2. The van der Waals surface area contributed by atoms with Gasteiger partial charge in [-0.2, -0.15) is 0 Å². The van der Waals surface area contributed by atoms with E-state index in [0.29, 0.717) is 83.1 Å². The van der Waals surface area contributed by atoms with Gasteiger partial charge in [-0.3, -0.25) is 28.3 Å². The summed E-state index contributed by atoms with van der Waals surface area (Å²) in [5.74, 6) is -1.23. The summed E-state index contributed by atoms with van der Waals surface area (Å²) in [6, 6.07) is 27.7. The van der Waals surface area contributed by atoms with Crippen LogP contribution in [0.25, 0.3) is 34.0 Å². The van der Waals surface area contributed by atoms with E-state index >= 15 is 0 Å². The third-order valence-electron chi connectivity index (χ3n) is 11.5. The number of carbonyl (C=O) groups excluding carboxylic acids is 6. The number of likely N-dealkylation sites (tertiary alicyclic amines) is 2. The van der Waals surface area contributed by atoms with Crippen LogP contribution in [0.4, 0.5) is 21.0 Å². The first-order chi connectivity index (χ1) is 31.4. The zero-order chi connectivity index (χ0) is 46.9. The highest BCUT2D eigenvalue weighted by Crippen LogP contribution is 2.30. The molecule has 14 heteroatoms. The molecule has 4 amide bonds. The van der Waals surface area contributed by atoms with Gasteiger partial charge in [-0.15, -0.1) is 0 Å². The highest BCUT2D eigenvalue weighted by atomic mass is 16.6. The number of para-hydroxylation sites is 2. The second-order valence-corrected chi connectivity index (χ2v) is 18.7. The number of anilines is 2. The van der Waals surface area contributed by atoms with Gasteiger partial charge < -0.3 is 29.9 Å². The van der Waals surface area contributed by atoms with E-state index in [4.69, 9.17) is 9.47 Å². The molecule has 0 radical (unpaired) electrons. The average molecular weight is 891 g/mol. The quantitative estimate of drug-likeness (QED) is 0.143. The smallest absolute Gasteiger partial charge is 0.419 e. The Morgan fingerprint density at radius 3 is 1.26 bits per heavy atom. The Kier molecular flexibility index (Phi) is 12.4. The summed E-state index contributed by atoms with van der Waals surface area (Å²) >= 11 is 0. The van der Waals surface area contributed by atoms with Crippen molar-refractivity contribution in [3.8, 4) is 0 Å². The molecule has 0 spiro atoms. The highest BCUT2D eigenvalue weighted by Gasteiger charge is 2.38. The first kappa shape index (κ1) is 45.1. The molecule has 0 aliphatic carbocycles. The van der Waals surface area contributed by atoms with Crippen LogP contribution in [0.3, 0.4) is 0 Å². The molecule has 8 rings (SSSR count). The van der Waals surface area contributed by atoms with Crippen LogP contribution < -0.4 is 10.6 Å². The van der Waals surface area contributed by atoms with Crippen LogP contribution in [-0.2, 0) is 19.1 Å². The topological polar surface area (TPSA) is 161 Å². The van der Waals surface area contributed by atoms with Crippen molar-refractivity contribution in [3.63, 3.8) is 0 Å². The molecular formula is C52H54N6O8. The van der Waals surface area contributed by atoms with Gasteiger partial charge in [0.15, 0.2) is 0 Å². The van der Waals surface area contributed by atoms with Crippen LogP contribution in [0.15, 0.2) is 109 Å². The SMILES string of the molecule is CC(C)(C)OC(=O)n1cc(C(=O)N2CCC[C@H]2C(=O)Nc2ccc(/C=C/c3ccc(NC(=O)[C@@H]4CCCN4C(=O)c4cn(C(=O)OC(C)(C)C)c5ccccc45)cc3)cc2)c2ccccc21. The molecule has 14 nitrogen and oxygen atoms in total. The minimum absolute atomic E-state index is 0.289. The number of nitrogens with one attached hydrogen (secondary N) is 2. The molecule has 2 fully saturated rings. The third kappa shape index (κ3) is 9.77. The molecule has 2 N–H and O–H groups in total. The van der Waals surface area contributed by atoms with Crippen LogP contribution in [-0.4, -0.2) is 91.1 Å². The van der Waals surface area contributed by atoms with Gasteiger partial charge in [0.1, 0.15) is 23.3 Å². The van der Waals surface area contributed by atoms with Gasteiger partial charge in [0, 0.05) is 47.6 Å². The first-order valence-corrected chi connectivity index (χ1v) is 22.2. The van der Waals surface area contributed by atoms with Crippen LogP contribution in [0.5, 0.6) is 0 Å². The Morgan fingerprint density at radius 2 is 0.894 bits per heavy atom. The van der Waals surface area contributed by atoms with Gasteiger partial charge in [-0.05, 0) is 115 Å². The van der Waals surface area contributed by atoms with Crippen molar-refractivity contribution in [1.29, 1.82) is 0 Å². The predicted octanol–water partition coefficient (Wildman–Crippen LogP) is 9.82. The van der Waals surface area contributed by atoms with Gasteiger partial charge in [-0.25, -0.2) is 9.59 Å². The maximum absolute atomic E-state index is 14.0. The lowest BCUT2D eigenvalue weighted by Gasteiger charge is -2.24. The minimum atomic E-state index is -0.721. The summed E-state index contributed by atoms with van der Waals surface area (Å²) in [5, 5.41) is 7.16. The Labute approximate surface area is 383 Å². The number of amides is 4. The molecule has 66 heavy (non-hydrogen) atoms. The maximum Gasteiger partial charge on any atom is 0.419 e. The molecule has 340 valence electrons. The summed E-state index contributed by atoms with van der Waals surface area (Å²) in [6.45, 7) is 11.5. The van der Waals surface area contributed by atoms with Gasteiger partial charge in [0.05, 0.1) is 22.2 Å². The van der Waals surface area contributed by atoms with E-state index in [1.54, 1.807) is 99.9 Å². The molecule has 4 aromatic carbocycles. The van der Waals surface area contributed by atoms with E-state index in [1.165, 1.54) is 21.5 Å². The minimum Gasteiger partial charge on any atom is -0.443 e. The molecule has 4 heterocycles. The van der Waals surface area contributed by atoms with Gasteiger partial charge in [0.25, 0.3) is 11.8 Å². The lowest BCUT2D eigenvalue weighted by atomic mass is 10.1. The highest BCUT2D eigenvalue weighted by molar-refractivity contribution is 6.12. The van der Waals surface area contributed by atoms with Crippen molar-refractivity contribution >= 4 is 81.1 Å². The number of nitrogens with zero attached hydrogens (tertiary/aromatic N) is 4. The van der Waals surface area contributed by atoms with Crippen molar-refractivity contribution in [2.24, 2.45) is 0 Å². The van der Waals surface area contributed by atoms with Crippen molar-refractivity contribution in [2.45, 2.75) is 90.5 Å². The van der Waals surface area contributed by atoms with E-state index in [9.17, 15) is 28.8 Å². The van der Waals surface area contributed by atoms with Crippen LogP contribution in [0, 0.1) is 0 Å². The lowest BCUT2D eigenvalue weighted by molar-refractivity contribution is -0.120. The zero-order valence-corrected chi connectivity index (χ0v) is 38.0. The number of fused-ring (bicyclic) bond motifs is 2. The van der Waals surface area contributed by atoms with E-state index in [-0.39, 0.29) is 23.6 Å². The Balaban J connectivity index is 0.866. The number of carbonyl (C=O) groups is 6. The molecule has 2 aliphatic heterocycles. The number of hydrogen-bond donors (Lipinski definition) is 2. The predicted molar refractivity (Wildman–Crippen MR) is 254 cm³/mol. The fourth-order valence-corrected chi connectivity index (χ4v) is 8.50. The molecule has 6 aromatic rings. The Hall–Kier alpha value is -7.48. The molecule has 2 aliphatic rings. The monoisotopic (exact) mass is 890 g/mol. The summed E-state index contributed by atoms with van der Waals surface area (Å²) in [5.41, 5.74) is 3.29. The normalized spacial score (nSPS) is 16.5. The van der Waals surface area contributed by atoms with Crippen LogP contribution >= 0.6 is 0 Å². The number of aromatic nitrogens is 2. The fourth-order valence-electron chi connectivity index (χ4n) is 8.50. The first-order valence-electron chi connectivity index (χ1n) is 22.2. The molecule has 0 bridgehead atoms. The van der Waals surface area contributed by atoms with Crippen LogP contribution in [0.1, 0.15) is 99.1 Å². The average Bonchev–Trinajstić information content (AvgIpc) is 4.10. The number of ether oxygens (including phenoxy) is 2. The summed E-state index contributed by atoms with van der Waals surface area (Å²) in [6.07, 6.45) is 8.06. The van der Waals surface area contributed by atoms with Gasteiger partial charge in [-0.1, -0.05) is 72.8 Å². The van der Waals surface area contributed by atoms with E-state index in [0.717, 1.165) is 11.1 Å². The Bertz CT molecular complexity index is 2680. The molecule has 2 atom stereocenters. The largest absolute Gasteiger partial charge is 0.443 e. The summed E-state index contributed by atoms with van der Waals surface area (Å²) in [4.78, 5) is 84.5. The number of benzene rings is 4. The molecule has 2 saturated heterocycles. The molecule has 2 aromatic heterocycles. The molecule has 0 unspecified atom stereocenters. The number of hydrogen-bond acceptors (Lipinski definition) is 8. The summed E-state index contributed by atoms with van der Waals surface area (Å²) < 4.78 is 13.9. The number of rotatable bonds is 8. The van der Waals surface area contributed by atoms with E-state index in [1.807, 2.05) is 60.7 Å². The molecular weight excluding hydrogens is 837 g/mol. The van der Waals surface area contributed by atoms with E-state index in [2.05, 4.69) is 10.6 Å². The van der Waals surface area contributed by atoms with Gasteiger partial charge in [0.2, 0.25) is 11.8 Å². The van der Waals surface area contributed by atoms with Crippen molar-refractivity contribution in [2.75, 3.05) is 23.7 Å². The Morgan fingerprint density at radius 1 is 0.530 bits per heavy atom. The fraction of sp³-hybridized carbons (Fsp3) is 0.308. The van der Waals surface area contributed by atoms with Crippen molar-refractivity contribution in [3.05, 3.63) is 132 Å². The van der Waals surface area contributed by atoms with E-state index < -0.39 is 35.5 Å². The summed E-state index contributed by atoms with van der Waals surface area (Å²) in [7, 11) is 0. The zero-order valence-electron chi connectivity index (χ0n) is 38.0. The van der Waals surface area contributed by atoms with Crippen LogP contribution in [0.2, 0.25) is 0 Å². The third-order valence-corrected chi connectivity index (χ3v) is 11.5. The maximum atomic E-state index is 14.0. The van der Waals surface area contributed by atoms with Crippen molar-refractivity contribution < 1.29 is 38.2 Å². The lowest BCUT2D eigenvalue weighted by Crippen LogP contribution is -2.43. The molecule has 0 saturated carbocycles.